The summed E-state index contributed by atoms with van der Waals surface area (Å²) < 4.78 is 10.7. The summed E-state index contributed by atoms with van der Waals surface area (Å²) in [7, 11) is 3.06. The smallest absolute Gasteiger partial charge is 0.257 e. The van der Waals surface area contributed by atoms with Crippen LogP contribution in [0.4, 0.5) is 5.69 Å². The van der Waals surface area contributed by atoms with Gasteiger partial charge >= 0.3 is 0 Å². The molecule has 1 aliphatic carbocycles. The summed E-state index contributed by atoms with van der Waals surface area (Å²) in [5.74, 6) is 0.0794. The van der Waals surface area contributed by atoms with Crippen LogP contribution in [0.2, 0.25) is 0 Å². The van der Waals surface area contributed by atoms with Crippen molar-refractivity contribution in [3.05, 3.63) is 53.6 Å². The highest BCUT2D eigenvalue weighted by Gasteiger charge is 2.46. The highest BCUT2D eigenvalue weighted by atomic mass is 16.5. The second-order valence-corrected chi connectivity index (χ2v) is 8.70. The van der Waals surface area contributed by atoms with Gasteiger partial charge in [0, 0.05) is 11.6 Å². The summed E-state index contributed by atoms with van der Waals surface area (Å²) in [6, 6.07) is 11.4. The van der Waals surface area contributed by atoms with Crippen LogP contribution >= 0.6 is 0 Å². The number of hydrogen-bond acceptors (Lipinski definition) is 5. The van der Waals surface area contributed by atoms with Gasteiger partial charge in [-0.1, -0.05) is 37.0 Å². The molecule has 7 heteroatoms. The van der Waals surface area contributed by atoms with E-state index in [0.29, 0.717) is 22.7 Å². The first kappa shape index (κ1) is 22.8. The number of ether oxygens (including phenoxy) is 2. The number of nitrogens with zero attached hydrogens (tertiary/aromatic N) is 2. The van der Waals surface area contributed by atoms with E-state index < -0.39 is 6.04 Å². The molecule has 1 heterocycles. The third kappa shape index (κ3) is 4.45. The standard InChI is InChI=1S/C26H30N2O5/c1-17-9-12-20(13-10-17)28-24(29)16-21(26(28)31)27(19-7-5-4-6-8-19)25(30)18-11-14-22(32-2)23(15-18)33-3/h9-15,19,21H,4-8,16H2,1-3H3. The number of hydrogen-bond donors (Lipinski definition) is 0. The van der Waals surface area contributed by atoms with Crippen molar-refractivity contribution in [3.8, 4) is 11.5 Å². The summed E-state index contributed by atoms with van der Waals surface area (Å²) >= 11 is 0. The summed E-state index contributed by atoms with van der Waals surface area (Å²) in [6.07, 6.45) is 4.74. The van der Waals surface area contributed by atoms with Gasteiger partial charge in [-0.25, -0.2) is 4.90 Å². The zero-order valence-electron chi connectivity index (χ0n) is 19.4. The van der Waals surface area contributed by atoms with E-state index in [0.717, 1.165) is 37.7 Å². The van der Waals surface area contributed by atoms with Gasteiger partial charge in [0.1, 0.15) is 6.04 Å². The largest absolute Gasteiger partial charge is 0.493 e. The third-order valence-corrected chi connectivity index (χ3v) is 6.58. The SMILES string of the molecule is COc1ccc(C(=O)N(C2CCCCC2)C2CC(=O)N(c3ccc(C)cc3)C2=O)cc1OC. The Morgan fingerprint density at radius 3 is 2.24 bits per heavy atom. The number of imide groups is 1. The van der Waals surface area contributed by atoms with Gasteiger partial charge in [-0.2, -0.15) is 0 Å². The number of aryl methyl sites for hydroxylation is 1. The Morgan fingerprint density at radius 1 is 0.939 bits per heavy atom. The molecule has 174 valence electrons. The molecule has 4 rings (SSSR count). The molecule has 1 unspecified atom stereocenters. The topological polar surface area (TPSA) is 76.2 Å². The number of anilines is 1. The molecule has 1 saturated heterocycles. The second kappa shape index (κ2) is 9.65. The Morgan fingerprint density at radius 2 is 1.61 bits per heavy atom. The fourth-order valence-electron chi connectivity index (χ4n) is 4.84. The maximum absolute atomic E-state index is 13.8. The Bertz CT molecular complexity index is 1040. The van der Waals surface area contributed by atoms with Crippen molar-refractivity contribution in [2.45, 2.75) is 57.5 Å². The van der Waals surface area contributed by atoms with Gasteiger partial charge in [0.25, 0.3) is 11.8 Å². The Hall–Kier alpha value is -3.35. The predicted molar refractivity (Wildman–Crippen MR) is 125 cm³/mol. The van der Waals surface area contributed by atoms with Crippen molar-refractivity contribution in [1.82, 2.24) is 4.90 Å². The minimum Gasteiger partial charge on any atom is -0.493 e. The molecule has 2 aliphatic rings. The molecular formula is C26H30N2O5. The van der Waals surface area contributed by atoms with Crippen molar-refractivity contribution in [2.24, 2.45) is 0 Å². The van der Waals surface area contributed by atoms with Gasteiger partial charge < -0.3 is 14.4 Å². The fraction of sp³-hybridized carbons (Fsp3) is 0.423. The first-order valence-corrected chi connectivity index (χ1v) is 11.4. The first-order chi connectivity index (χ1) is 15.9. The molecule has 0 aromatic heterocycles. The van der Waals surface area contributed by atoms with Crippen LogP contribution in [-0.2, 0) is 9.59 Å². The highest BCUT2D eigenvalue weighted by Crippen LogP contribution is 2.34. The number of benzene rings is 2. The molecule has 0 radical (unpaired) electrons. The molecule has 7 nitrogen and oxygen atoms in total. The lowest BCUT2D eigenvalue weighted by Crippen LogP contribution is -2.51. The molecule has 0 spiro atoms. The normalized spacial score (nSPS) is 19.0. The average Bonchev–Trinajstić information content (AvgIpc) is 3.13. The number of amides is 3. The Balaban J connectivity index is 1.69. The molecule has 2 fully saturated rings. The van der Waals surface area contributed by atoms with Crippen LogP contribution in [0.3, 0.4) is 0 Å². The van der Waals surface area contributed by atoms with Crippen molar-refractivity contribution >= 4 is 23.4 Å². The van der Waals surface area contributed by atoms with Crippen molar-refractivity contribution in [1.29, 1.82) is 0 Å². The van der Waals surface area contributed by atoms with Crippen LogP contribution in [0.1, 0.15) is 54.4 Å². The van der Waals surface area contributed by atoms with E-state index in [1.807, 2.05) is 19.1 Å². The maximum atomic E-state index is 13.8. The van der Waals surface area contributed by atoms with Gasteiger partial charge in [0.15, 0.2) is 11.5 Å². The molecule has 33 heavy (non-hydrogen) atoms. The lowest BCUT2D eigenvalue weighted by molar-refractivity contribution is -0.123. The predicted octanol–water partition coefficient (Wildman–Crippen LogP) is 4.12. The second-order valence-electron chi connectivity index (χ2n) is 8.70. The zero-order valence-corrected chi connectivity index (χ0v) is 19.4. The highest BCUT2D eigenvalue weighted by molar-refractivity contribution is 6.23. The van der Waals surface area contributed by atoms with E-state index in [4.69, 9.17) is 9.47 Å². The lowest BCUT2D eigenvalue weighted by Gasteiger charge is -2.37. The number of carbonyl (C=O) groups excluding carboxylic acids is 3. The molecule has 0 bridgehead atoms. The van der Waals surface area contributed by atoms with Crippen molar-refractivity contribution in [2.75, 3.05) is 19.1 Å². The fourth-order valence-corrected chi connectivity index (χ4v) is 4.84. The van der Waals surface area contributed by atoms with Gasteiger partial charge in [-0.05, 0) is 50.1 Å². The van der Waals surface area contributed by atoms with Crippen LogP contribution in [0.15, 0.2) is 42.5 Å². The van der Waals surface area contributed by atoms with Gasteiger partial charge in [0.2, 0.25) is 5.91 Å². The van der Waals surface area contributed by atoms with Gasteiger partial charge in [-0.3, -0.25) is 14.4 Å². The van der Waals surface area contributed by atoms with Crippen molar-refractivity contribution < 1.29 is 23.9 Å². The minimum atomic E-state index is -0.817. The molecule has 2 aromatic rings. The molecule has 1 saturated carbocycles. The van der Waals surface area contributed by atoms with Crippen molar-refractivity contribution in [3.63, 3.8) is 0 Å². The summed E-state index contributed by atoms with van der Waals surface area (Å²) in [4.78, 5) is 43.1. The molecule has 1 aliphatic heterocycles. The Kier molecular flexibility index (Phi) is 6.67. The van der Waals surface area contributed by atoms with E-state index in [1.165, 1.54) is 19.1 Å². The van der Waals surface area contributed by atoms with Crippen LogP contribution in [-0.4, -0.2) is 48.9 Å². The van der Waals surface area contributed by atoms with E-state index in [9.17, 15) is 14.4 Å². The van der Waals surface area contributed by atoms with Crippen LogP contribution in [0.25, 0.3) is 0 Å². The van der Waals surface area contributed by atoms with Crippen LogP contribution in [0, 0.1) is 6.92 Å². The van der Waals surface area contributed by atoms with E-state index in [-0.39, 0.29) is 30.2 Å². The molecule has 2 aromatic carbocycles. The summed E-state index contributed by atoms with van der Waals surface area (Å²) in [5, 5.41) is 0. The van der Waals surface area contributed by atoms with E-state index in [2.05, 4.69) is 0 Å². The first-order valence-electron chi connectivity index (χ1n) is 11.4. The van der Waals surface area contributed by atoms with Gasteiger partial charge in [-0.15, -0.1) is 0 Å². The molecule has 3 amide bonds. The zero-order chi connectivity index (χ0) is 23.5. The van der Waals surface area contributed by atoms with Gasteiger partial charge in [0.05, 0.1) is 26.3 Å². The molecular weight excluding hydrogens is 420 g/mol. The summed E-state index contributed by atoms with van der Waals surface area (Å²) in [5.41, 5.74) is 1.99. The maximum Gasteiger partial charge on any atom is 0.257 e. The monoisotopic (exact) mass is 450 g/mol. The third-order valence-electron chi connectivity index (χ3n) is 6.58. The number of methoxy groups -OCH3 is 2. The average molecular weight is 451 g/mol. The molecule has 0 N–H and O–H groups in total. The van der Waals surface area contributed by atoms with Crippen LogP contribution < -0.4 is 14.4 Å². The quantitative estimate of drug-likeness (QED) is 0.619. The van der Waals surface area contributed by atoms with Crippen LogP contribution in [0.5, 0.6) is 11.5 Å². The number of rotatable bonds is 6. The lowest BCUT2D eigenvalue weighted by atomic mass is 9.92. The van der Waals surface area contributed by atoms with E-state index >= 15 is 0 Å². The molecule has 1 atom stereocenters. The minimum absolute atomic E-state index is 0.0117. The van der Waals surface area contributed by atoms with E-state index in [1.54, 1.807) is 35.2 Å². The Labute approximate surface area is 194 Å². The summed E-state index contributed by atoms with van der Waals surface area (Å²) in [6.45, 7) is 1.95. The number of carbonyl (C=O) groups is 3.